The number of thiazole rings is 1. The molecule has 13 heteroatoms. The average molecular weight is 654 g/mol. The summed E-state index contributed by atoms with van der Waals surface area (Å²) in [6.07, 6.45) is 4.56. The van der Waals surface area contributed by atoms with Crippen LogP contribution in [-0.2, 0) is 28.9 Å². The third kappa shape index (κ3) is 10.0. The molecule has 1 aliphatic carbocycles. The van der Waals surface area contributed by atoms with E-state index >= 15 is 0 Å². The van der Waals surface area contributed by atoms with E-state index in [1.807, 2.05) is 13.8 Å². The maximum atomic E-state index is 13.2. The lowest BCUT2D eigenvalue weighted by atomic mass is 10.0. The molecule has 0 unspecified atom stereocenters. The van der Waals surface area contributed by atoms with Gasteiger partial charge in [-0.2, -0.15) is 0 Å². The summed E-state index contributed by atoms with van der Waals surface area (Å²) in [5, 5.41) is 3.26. The van der Waals surface area contributed by atoms with Gasteiger partial charge in [0.1, 0.15) is 12.1 Å². The van der Waals surface area contributed by atoms with E-state index in [1.165, 1.54) is 28.4 Å². The van der Waals surface area contributed by atoms with Crippen LogP contribution in [0.5, 0.6) is 0 Å². The Morgan fingerprint density at radius 2 is 1.91 bits per heavy atom. The second-order valence-corrected chi connectivity index (χ2v) is 14.6. The number of esters is 1. The van der Waals surface area contributed by atoms with E-state index in [9.17, 15) is 22.8 Å². The van der Waals surface area contributed by atoms with E-state index < -0.39 is 27.9 Å². The SMILES string of the molecule is C=C(C)OC(=O)N(CCCC(=O)Nc1nc(C)c(-c2ccc(Cl)c(S(C)(=O)=O)c2)s1)[C@@H](CC(C)C)C(=O)OC1CCCC1. The Morgan fingerprint density at radius 1 is 1.23 bits per heavy atom. The number of anilines is 1. The molecule has 1 aromatic heterocycles. The second kappa shape index (κ2) is 15.2. The van der Waals surface area contributed by atoms with Crippen LogP contribution in [0.1, 0.15) is 71.4 Å². The van der Waals surface area contributed by atoms with Gasteiger partial charge < -0.3 is 14.8 Å². The normalized spacial score (nSPS) is 14.4. The van der Waals surface area contributed by atoms with Crippen molar-refractivity contribution in [1.29, 1.82) is 0 Å². The summed E-state index contributed by atoms with van der Waals surface area (Å²) in [4.78, 5) is 45.6. The lowest BCUT2D eigenvalue weighted by Crippen LogP contribution is -2.48. The third-order valence-corrected chi connectivity index (χ3v) is 9.56. The predicted molar refractivity (Wildman–Crippen MR) is 168 cm³/mol. The number of aryl methyl sites for hydroxylation is 1. The molecular formula is C30H40ClN3O7S2. The highest BCUT2D eigenvalue weighted by molar-refractivity contribution is 7.90. The minimum absolute atomic E-state index is 0.0164. The number of rotatable bonds is 13. The zero-order chi connectivity index (χ0) is 31.9. The van der Waals surface area contributed by atoms with Gasteiger partial charge in [0, 0.05) is 19.2 Å². The van der Waals surface area contributed by atoms with Crippen LogP contribution >= 0.6 is 22.9 Å². The first-order chi connectivity index (χ1) is 20.1. The van der Waals surface area contributed by atoms with E-state index in [1.54, 1.807) is 19.9 Å². The number of hydrogen-bond acceptors (Lipinski definition) is 9. The van der Waals surface area contributed by atoms with Crippen LogP contribution in [0.3, 0.4) is 0 Å². The molecule has 3 rings (SSSR count). The van der Waals surface area contributed by atoms with Crippen molar-refractivity contribution in [1.82, 2.24) is 9.88 Å². The van der Waals surface area contributed by atoms with Crippen LogP contribution < -0.4 is 5.32 Å². The molecule has 1 aliphatic rings. The van der Waals surface area contributed by atoms with Gasteiger partial charge in [0.15, 0.2) is 15.0 Å². The van der Waals surface area contributed by atoms with Gasteiger partial charge in [0.05, 0.1) is 26.2 Å². The maximum absolute atomic E-state index is 13.2. The Bertz CT molecular complexity index is 1450. The number of ether oxygens (including phenoxy) is 2. The molecular weight excluding hydrogens is 614 g/mol. The number of aromatic nitrogens is 1. The molecule has 1 N–H and O–H groups in total. The number of nitrogens with zero attached hydrogens (tertiary/aromatic N) is 2. The Morgan fingerprint density at radius 3 is 2.51 bits per heavy atom. The molecule has 1 fully saturated rings. The highest BCUT2D eigenvalue weighted by Crippen LogP contribution is 2.36. The zero-order valence-corrected chi connectivity index (χ0v) is 27.7. The number of benzene rings is 1. The van der Waals surface area contributed by atoms with Gasteiger partial charge in [-0.05, 0) is 76.0 Å². The molecule has 1 heterocycles. The topological polar surface area (TPSA) is 132 Å². The molecule has 1 aromatic carbocycles. The molecule has 10 nitrogen and oxygen atoms in total. The summed E-state index contributed by atoms with van der Waals surface area (Å²) in [5.41, 5.74) is 1.24. The van der Waals surface area contributed by atoms with Crippen molar-refractivity contribution >= 4 is 55.9 Å². The minimum Gasteiger partial charge on any atom is -0.461 e. The Balaban J connectivity index is 1.69. The molecule has 0 aliphatic heterocycles. The lowest BCUT2D eigenvalue weighted by molar-refractivity contribution is -0.155. The van der Waals surface area contributed by atoms with E-state index in [0.717, 1.165) is 31.9 Å². The van der Waals surface area contributed by atoms with Crippen molar-refractivity contribution in [3.63, 3.8) is 0 Å². The van der Waals surface area contributed by atoms with Crippen LogP contribution in [0.4, 0.5) is 9.93 Å². The summed E-state index contributed by atoms with van der Waals surface area (Å²) in [6.45, 7) is 11.0. The van der Waals surface area contributed by atoms with E-state index in [2.05, 4.69) is 16.9 Å². The molecule has 0 radical (unpaired) electrons. The number of amides is 2. The number of nitrogens with one attached hydrogen (secondary N) is 1. The van der Waals surface area contributed by atoms with E-state index in [-0.39, 0.29) is 53.0 Å². The van der Waals surface area contributed by atoms with Crippen molar-refractivity contribution in [2.45, 2.75) is 89.7 Å². The molecule has 1 atom stereocenters. The summed E-state index contributed by atoms with van der Waals surface area (Å²) in [5.74, 6) is -0.494. The van der Waals surface area contributed by atoms with Crippen molar-refractivity contribution in [3.05, 3.63) is 41.3 Å². The molecule has 43 heavy (non-hydrogen) atoms. The molecule has 2 aromatic rings. The summed E-state index contributed by atoms with van der Waals surface area (Å²) in [7, 11) is -3.53. The highest BCUT2D eigenvalue weighted by atomic mass is 35.5. The number of halogens is 1. The first kappa shape index (κ1) is 34.5. The molecule has 0 spiro atoms. The number of carbonyl (C=O) groups excluding carboxylic acids is 3. The van der Waals surface area contributed by atoms with Crippen molar-refractivity contribution in [3.8, 4) is 10.4 Å². The van der Waals surface area contributed by atoms with Gasteiger partial charge in [-0.25, -0.2) is 23.0 Å². The third-order valence-electron chi connectivity index (χ3n) is 6.86. The van der Waals surface area contributed by atoms with Crippen molar-refractivity contribution in [2.75, 3.05) is 18.1 Å². The number of hydrogen-bond donors (Lipinski definition) is 1. The predicted octanol–water partition coefficient (Wildman–Crippen LogP) is 6.77. The number of sulfone groups is 1. The van der Waals surface area contributed by atoms with E-state index in [0.29, 0.717) is 27.7 Å². The zero-order valence-electron chi connectivity index (χ0n) is 25.3. The fraction of sp³-hybridized carbons (Fsp3) is 0.533. The minimum atomic E-state index is -3.53. The summed E-state index contributed by atoms with van der Waals surface area (Å²) >= 11 is 7.30. The van der Waals surface area contributed by atoms with Crippen LogP contribution in [0.25, 0.3) is 10.4 Å². The van der Waals surface area contributed by atoms with Crippen LogP contribution in [0, 0.1) is 12.8 Å². The Hall–Kier alpha value is -2.96. The number of allylic oxidation sites excluding steroid dienone is 1. The molecule has 1 saturated carbocycles. The largest absolute Gasteiger partial charge is 0.461 e. The monoisotopic (exact) mass is 653 g/mol. The maximum Gasteiger partial charge on any atom is 0.415 e. The average Bonchev–Trinajstić information content (AvgIpc) is 3.53. The van der Waals surface area contributed by atoms with Gasteiger partial charge in [-0.3, -0.25) is 9.69 Å². The van der Waals surface area contributed by atoms with Crippen LogP contribution in [-0.4, -0.2) is 61.2 Å². The first-order valence-electron chi connectivity index (χ1n) is 14.3. The van der Waals surface area contributed by atoms with Crippen molar-refractivity contribution in [2.24, 2.45) is 5.92 Å². The lowest BCUT2D eigenvalue weighted by Gasteiger charge is -2.31. The van der Waals surface area contributed by atoms with Gasteiger partial charge in [0.2, 0.25) is 5.91 Å². The molecule has 0 saturated heterocycles. The van der Waals surface area contributed by atoms with Gasteiger partial charge >= 0.3 is 12.1 Å². The first-order valence-corrected chi connectivity index (χ1v) is 17.4. The Kier molecular flexibility index (Phi) is 12.2. The quantitative estimate of drug-likeness (QED) is 0.185. The summed E-state index contributed by atoms with van der Waals surface area (Å²) < 4.78 is 35.3. The Labute approximate surface area is 262 Å². The standard InChI is InChI=1S/C30H40ClN3O7S2/c1-18(2)16-24(28(36)41-22-10-7-8-11-22)34(30(37)40-19(3)4)15-9-12-26(35)33-29-32-20(5)27(42-29)21-13-14-23(31)25(17-21)43(6,38)39/h13-14,17-18,22,24H,3,7-12,15-16H2,1-2,4-6H3,(H,32,33,35)/t24-/m0/s1. The smallest absolute Gasteiger partial charge is 0.415 e. The van der Waals surface area contributed by atoms with Crippen LogP contribution in [0.15, 0.2) is 35.4 Å². The van der Waals surface area contributed by atoms with Crippen molar-refractivity contribution < 1.29 is 32.3 Å². The van der Waals surface area contributed by atoms with Gasteiger partial charge in [0.25, 0.3) is 0 Å². The fourth-order valence-electron chi connectivity index (χ4n) is 4.87. The van der Waals surface area contributed by atoms with E-state index in [4.69, 9.17) is 21.1 Å². The number of carbonyl (C=O) groups is 3. The fourth-order valence-corrected chi connectivity index (χ4v) is 7.15. The second-order valence-electron chi connectivity index (χ2n) is 11.3. The molecule has 236 valence electrons. The molecule has 2 amide bonds. The van der Waals surface area contributed by atoms with Crippen LogP contribution in [0.2, 0.25) is 5.02 Å². The van der Waals surface area contributed by atoms with Gasteiger partial charge in [-0.15, -0.1) is 0 Å². The highest BCUT2D eigenvalue weighted by Gasteiger charge is 2.35. The summed E-state index contributed by atoms with van der Waals surface area (Å²) in [6, 6.07) is 3.86. The van der Waals surface area contributed by atoms with Gasteiger partial charge in [-0.1, -0.05) is 49.4 Å². The molecule has 0 bridgehead atoms.